The Bertz CT molecular complexity index is 424. The molecular formula is C12H12ClNO. The molecule has 0 radical (unpaired) electrons. The van der Waals surface area contributed by atoms with Crippen molar-refractivity contribution in [2.45, 2.75) is 12.5 Å². The van der Waals surface area contributed by atoms with Crippen molar-refractivity contribution < 1.29 is 4.42 Å². The van der Waals surface area contributed by atoms with Crippen molar-refractivity contribution in [2.24, 2.45) is 5.73 Å². The minimum atomic E-state index is -0.0478. The average molecular weight is 222 g/mol. The number of rotatable bonds is 3. The molecule has 0 saturated heterocycles. The van der Waals surface area contributed by atoms with Gasteiger partial charge in [-0.05, 0) is 29.3 Å². The number of furan rings is 1. The maximum atomic E-state index is 6.03. The van der Waals surface area contributed by atoms with E-state index in [1.54, 1.807) is 6.07 Å². The van der Waals surface area contributed by atoms with Crippen molar-refractivity contribution in [3.8, 4) is 0 Å². The lowest BCUT2D eigenvalue weighted by Gasteiger charge is -2.09. The molecule has 0 aliphatic heterocycles. The van der Waals surface area contributed by atoms with Crippen LogP contribution in [0, 0.1) is 0 Å². The standard InChI is InChI=1S/C12H12ClNO/c13-12-7-6-10(15-12)8-11(14)9-4-2-1-3-5-9/h1-7,11H,8,14H2. The molecule has 15 heavy (non-hydrogen) atoms. The van der Waals surface area contributed by atoms with Gasteiger partial charge in [0.15, 0.2) is 5.22 Å². The van der Waals surface area contributed by atoms with Crippen molar-refractivity contribution in [1.82, 2.24) is 0 Å². The van der Waals surface area contributed by atoms with Crippen LogP contribution in [0.2, 0.25) is 5.22 Å². The predicted octanol–water partition coefficient (Wildman–Crippen LogP) is 3.18. The maximum absolute atomic E-state index is 6.03. The van der Waals surface area contributed by atoms with Crippen LogP contribution in [-0.2, 0) is 6.42 Å². The lowest BCUT2D eigenvalue weighted by molar-refractivity contribution is 0.490. The van der Waals surface area contributed by atoms with Gasteiger partial charge in [-0.3, -0.25) is 0 Å². The van der Waals surface area contributed by atoms with E-state index in [1.807, 2.05) is 36.4 Å². The Balaban J connectivity index is 2.07. The van der Waals surface area contributed by atoms with E-state index in [-0.39, 0.29) is 6.04 Å². The van der Waals surface area contributed by atoms with Gasteiger partial charge in [0.2, 0.25) is 0 Å². The molecule has 2 N–H and O–H groups in total. The SMILES string of the molecule is NC(Cc1ccc(Cl)o1)c1ccccc1. The number of benzene rings is 1. The molecule has 1 aromatic carbocycles. The van der Waals surface area contributed by atoms with Gasteiger partial charge in [0.05, 0.1) is 0 Å². The van der Waals surface area contributed by atoms with E-state index in [9.17, 15) is 0 Å². The summed E-state index contributed by atoms with van der Waals surface area (Å²) in [6, 6.07) is 13.5. The smallest absolute Gasteiger partial charge is 0.193 e. The molecule has 1 atom stereocenters. The lowest BCUT2D eigenvalue weighted by atomic mass is 10.0. The van der Waals surface area contributed by atoms with E-state index in [4.69, 9.17) is 21.8 Å². The summed E-state index contributed by atoms with van der Waals surface area (Å²) in [4.78, 5) is 0. The summed E-state index contributed by atoms with van der Waals surface area (Å²) in [5.74, 6) is 0.816. The molecule has 2 aromatic rings. The monoisotopic (exact) mass is 221 g/mol. The highest BCUT2D eigenvalue weighted by molar-refractivity contribution is 6.28. The highest BCUT2D eigenvalue weighted by atomic mass is 35.5. The third kappa shape index (κ3) is 2.61. The third-order valence-electron chi connectivity index (χ3n) is 2.28. The van der Waals surface area contributed by atoms with Crippen LogP contribution in [0.5, 0.6) is 0 Å². The quantitative estimate of drug-likeness (QED) is 0.865. The van der Waals surface area contributed by atoms with Crippen LogP contribution in [-0.4, -0.2) is 0 Å². The first kappa shape index (κ1) is 10.3. The molecule has 78 valence electrons. The zero-order valence-corrected chi connectivity index (χ0v) is 8.95. The molecule has 0 saturated carbocycles. The molecule has 1 heterocycles. The third-order valence-corrected chi connectivity index (χ3v) is 2.48. The van der Waals surface area contributed by atoms with E-state index in [0.717, 1.165) is 11.3 Å². The Morgan fingerprint density at radius 1 is 1.13 bits per heavy atom. The first-order valence-corrected chi connectivity index (χ1v) is 5.18. The molecule has 2 nitrogen and oxygen atoms in total. The zero-order chi connectivity index (χ0) is 10.7. The van der Waals surface area contributed by atoms with Gasteiger partial charge in [0, 0.05) is 12.5 Å². The summed E-state index contributed by atoms with van der Waals surface area (Å²) in [5.41, 5.74) is 7.14. The number of hydrogen-bond acceptors (Lipinski definition) is 2. The van der Waals surface area contributed by atoms with Gasteiger partial charge in [0.25, 0.3) is 0 Å². The molecule has 0 aliphatic carbocycles. The number of nitrogens with two attached hydrogens (primary N) is 1. The first-order valence-electron chi connectivity index (χ1n) is 4.80. The summed E-state index contributed by atoms with van der Waals surface area (Å²) in [6.45, 7) is 0. The second kappa shape index (κ2) is 4.51. The zero-order valence-electron chi connectivity index (χ0n) is 8.19. The fourth-order valence-corrected chi connectivity index (χ4v) is 1.66. The minimum absolute atomic E-state index is 0.0478. The summed E-state index contributed by atoms with van der Waals surface area (Å²) in [6.07, 6.45) is 0.663. The molecule has 0 amide bonds. The van der Waals surface area contributed by atoms with E-state index in [0.29, 0.717) is 11.6 Å². The molecule has 0 bridgehead atoms. The summed E-state index contributed by atoms with van der Waals surface area (Å²) >= 11 is 5.68. The molecule has 1 unspecified atom stereocenters. The van der Waals surface area contributed by atoms with E-state index in [2.05, 4.69) is 0 Å². The van der Waals surface area contributed by atoms with Crippen LogP contribution in [0.25, 0.3) is 0 Å². The van der Waals surface area contributed by atoms with Crippen molar-refractivity contribution in [1.29, 1.82) is 0 Å². The Labute approximate surface area is 93.7 Å². The van der Waals surface area contributed by atoms with E-state index < -0.39 is 0 Å². The Hall–Kier alpha value is -1.25. The van der Waals surface area contributed by atoms with Gasteiger partial charge in [-0.2, -0.15) is 0 Å². The maximum Gasteiger partial charge on any atom is 0.193 e. The summed E-state index contributed by atoms with van der Waals surface area (Å²) in [7, 11) is 0. The molecular weight excluding hydrogens is 210 g/mol. The van der Waals surface area contributed by atoms with Crippen molar-refractivity contribution in [3.63, 3.8) is 0 Å². The fraction of sp³-hybridized carbons (Fsp3) is 0.167. The normalized spacial score (nSPS) is 12.7. The van der Waals surface area contributed by atoms with Gasteiger partial charge in [-0.25, -0.2) is 0 Å². The van der Waals surface area contributed by atoms with E-state index >= 15 is 0 Å². The molecule has 2 rings (SSSR count). The highest BCUT2D eigenvalue weighted by Crippen LogP contribution is 2.19. The number of halogens is 1. The topological polar surface area (TPSA) is 39.2 Å². The van der Waals surface area contributed by atoms with Gasteiger partial charge in [-0.1, -0.05) is 30.3 Å². The van der Waals surface area contributed by atoms with Gasteiger partial charge in [-0.15, -0.1) is 0 Å². The van der Waals surface area contributed by atoms with Crippen LogP contribution >= 0.6 is 11.6 Å². The van der Waals surface area contributed by atoms with Gasteiger partial charge < -0.3 is 10.2 Å². The van der Waals surface area contributed by atoms with Crippen molar-refractivity contribution in [3.05, 3.63) is 59.0 Å². The second-order valence-electron chi connectivity index (χ2n) is 3.43. The summed E-state index contributed by atoms with van der Waals surface area (Å²) < 4.78 is 5.26. The molecule has 1 aromatic heterocycles. The van der Waals surface area contributed by atoms with Crippen molar-refractivity contribution >= 4 is 11.6 Å². The average Bonchev–Trinajstić information content (AvgIpc) is 2.65. The Morgan fingerprint density at radius 3 is 2.47 bits per heavy atom. The molecule has 0 fully saturated rings. The predicted molar refractivity (Wildman–Crippen MR) is 60.8 cm³/mol. The molecule has 0 aliphatic rings. The Morgan fingerprint density at radius 2 is 1.87 bits per heavy atom. The van der Waals surface area contributed by atoms with Crippen LogP contribution in [0.4, 0.5) is 0 Å². The second-order valence-corrected chi connectivity index (χ2v) is 3.80. The molecule has 0 spiro atoms. The van der Waals surface area contributed by atoms with Gasteiger partial charge >= 0.3 is 0 Å². The van der Waals surface area contributed by atoms with Crippen LogP contribution in [0.3, 0.4) is 0 Å². The fourth-order valence-electron chi connectivity index (χ4n) is 1.50. The first-order chi connectivity index (χ1) is 7.25. The van der Waals surface area contributed by atoms with Crippen LogP contribution < -0.4 is 5.73 Å². The van der Waals surface area contributed by atoms with Crippen LogP contribution in [0.15, 0.2) is 46.9 Å². The van der Waals surface area contributed by atoms with Crippen LogP contribution in [0.1, 0.15) is 17.4 Å². The van der Waals surface area contributed by atoms with Crippen molar-refractivity contribution in [2.75, 3.05) is 0 Å². The largest absolute Gasteiger partial charge is 0.450 e. The lowest BCUT2D eigenvalue weighted by Crippen LogP contribution is -2.12. The Kier molecular flexibility index (Phi) is 3.09. The van der Waals surface area contributed by atoms with E-state index in [1.165, 1.54) is 0 Å². The minimum Gasteiger partial charge on any atom is -0.450 e. The highest BCUT2D eigenvalue weighted by Gasteiger charge is 2.09. The number of hydrogen-bond donors (Lipinski definition) is 1. The summed E-state index contributed by atoms with van der Waals surface area (Å²) in [5, 5.41) is 0.408. The van der Waals surface area contributed by atoms with Gasteiger partial charge in [0.1, 0.15) is 5.76 Å². The molecule has 3 heteroatoms.